The molecule has 0 saturated heterocycles. The summed E-state index contributed by atoms with van der Waals surface area (Å²) in [6.07, 6.45) is 0. The molecule has 1 aromatic carbocycles. The summed E-state index contributed by atoms with van der Waals surface area (Å²) in [6.45, 7) is 0. The third-order valence-corrected chi connectivity index (χ3v) is 1.69. The molecule has 0 N–H and O–H groups in total. The fraction of sp³-hybridized carbons (Fsp3) is 0. The van der Waals surface area contributed by atoms with Gasteiger partial charge in [-0.1, -0.05) is 35.5 Å². The molecule has 3 heteroatoms. The van der Waals surface area contributed by atoms with Gasteiger partial charge in [-0.15, -0.1) is 0 Å². The number of hydrogen-bond donors (Lipinski definition) is 0. The van der Waals surface area contributed by atoms with Gasteiger partial charge in [0.25, 0.3) is 0 Å². The van der Waals surface area contributed by atoms with Crippen LogP contribution in [-0.4, -0.2) is 5.16 Å². The normalized spacial score (nSPS) is 9.46. The zero-order valence-corrected chi connectivity index (χ0v) is 6.77. The molecule has 0 amide bonds. The summed E-state index contributed by atoms with van der Waals surface area (Å²) >= 11 is 0. The van der Waals surface area contributed by atoms with Crippen LogP contribution in [0, 0.1) is 11.3 Å². The van der Waals surface area contributed by atoms with Gasteiger partial charge in [-0.25, -0.2) is 0 Å². The summed E-state index contributed by atoms with van der Waals surface area (Å²) in [5.74, 6) is 0.235. The first-order valence-corrected chi connectivity index (χ1v) is 3.82. The van der Waals surface area contributed by atoms with Crippen LogP contribution in [0.4, 0.5) is 0 Å². The average molecular weight is 170 g/mol. The van der Waals surface area contributed by atoms with Crippen molar-refractivity contribution in [3.8, 4) is 17.3 Å². The maximum atomic E-state index is 8.51. The number of hydrogen-bond acceptors (Lipinski definition) is 3. The van der Waals surface area contributed by atoms with Gasteiger partial charge in [0.05, 0.1) is 0 Å². The van der Waals surface area contributed by atoms with Crippen LogP contribution < -0.4 is 0 Å². The zero-order chi connectivity index (χ0) is 9.10. The Labute approximate surface area is 75.2 Å². The van der Waals surface area contributed by atoms with E-state index < -0.39 is 0 Å². The molecule has 0 unspecified atom stereocenters. The van der Waals surface area contributed by atoms with Crippen LogP contribution in [0.25, 0.3) is 11.3 Å². The van der Waals surface area contributed by atoms with E-state index in [4.69, 9.17) is 9.78 Å². The Hall–Kier alpha value is -2.08. The van der Waals surface area contributed by atoms with Gasteiger partial charge in [-0.3, -0.25) is 0 Å². The Bertz CT molecular complexity index is 439. The molecule has 0 aliphatic heterocycles. The number of nitriles is 1. The van der Waals surface area contributed by atoms with Gasteiger partial charge in [0, 0.05) is 11.6 Å². The second kappa shape index (κ2) is 3.11. The van der Waals surface area contributed by atoms with Crippen molar-refractivity contribution < 1.29 is 4.52 Å². The highest BCUT2D eigenvalue weighted by Gasteiger charge is 2.03. The molecule has 0 bridgehead atoms. The van der Waals surface area contributed by atoms with Crippen molar-refractivity contribution in [2.45, 2.75) is 0 Å². The molecule has 0 radical (unpaired) electrons. The second-order valence-corrected chi connectivity index (χ2v) is 2.55. The van der Waals surface area contributed by atoms with E-state index in [0.29, 0.717) is 5.69 Å². The maximum Gasteiger partial charge on any atom is 0.236 e. The standard InChI is InChI=1S/C10H6N2O/c11-7-9-6-10(12-13-9)8-4-2-1-3-5-8/h1-6H. The van der Waals surface area contributed by atoms with Gasteiger partial charge in [0.2, 0.25) is 5.76 Å². The third-order valence-electron chi connectivity index (χ3n) is 1.69. The first kappa shape index (κ1) is 7.56. The van der Waals surface area contributed by atoms with Crippen molar-refractivity contribution in [3.05, 3.63) is 42.2 Å². The van der Waals surface area contributed by atoms with E-state index in [2.05, 4.69) is 5.16 Å². The highest BCUT2D eigenvalue weighted by Crippen LogP contribution is 2.17. The summed E-state index contributed by atoms with van der Waals surface area (Å²) in [4.78, 5) is 0. The number of rotatable bonds is 1. The quantitative estimate of drug-likeness (QED) is 0.659. The maximum absolute atomic E-state index is 8.51. The van der Waals surface area contributed by atoms with Gasteiger partial charge < -0.3 is 4.52 Å². The lowest BCUT2D eigenvalue weighted by Gasteiger charge is -1.90. The van der Waals surface area contributed by atoms with Crippen LogP contribution in [0.15, 0.2) is 40.9 Å². The van der Waals surface area contributed by atoms with Crippen LogP contribution in [0.1, 0.15) is 5.76 Å². The number of nitrogens with zero attached hydrogens (tertiary/aromatic N) is 2. The lowest BCUT2D eigenvalue weighted by Crippen LogP contribution is -1.73. The molecule has 0 aliphatic rings. The fourth-order valence-electron chi connectivity index (χ4n) is 1.07. The predicted octanol–water partition coefficient (Wildman–Crippen LogP) is 2.21. The van der Waals surface area contributed by atoms with Crippen LogP contribution in [0.3, 0.4) is 0 Å². The smallest absolute Gasteiger partial charge is 0.236 e. The number of benzene rings is 1. The highest BCUT2D eigenvalue weighted by molar-refractivity contribution is 5.59. The molecule has 0 aliphatic carbocycles. The molecule has 0 atom stereocenters. The van der Waals surface area contributed by atoms with E-state index in [1.165, 1.54) is 0 Å². The van der Waals surface area contributed by atoms with E-state index in [9.17, 15) is 0 Å². The molecular formula is C10H6N2O. The molecule has 2 aromatic rings. The minimum atomic E-state index is 0.235. The van der Waals surface area contributed by atoms with Crippen molar-refractivity contribution in [1.29, 1.82) is 5.26 Å². The van der Waals surface area contributed by atoms with E-state index in [1.807, 2.05) is 36.4 Å². The van der Waals surface area contributed by atoms with Crippen LogP contribution in [0.5, 0.6) is 0 Å². The van der Waals surface area contributed by atoms with Crippen molar-refractivity contribution in [2.75, 3.05) is 0 Å². The van der Waals surface area contributed by atoms with E-state index in [-0.39, 0.29) is 5.76 Å². The van der Waals surface area contributed by atoms with Gasteiger partial charge in [0.15, 0.2) is 0 Å². The molecular weight excluding hydrogens is 164 g/mol. The van der Waals surface area contributed by atoms with Crippen molar-refractivity contribution >= 4 is 0 Å². The van der Waals surface area contributed by atoms with Gasteiger partial charge in [-0.05, 0) is 0 Å². The molecule has 3 nitrogen and oxygen atoms in total. The SMILES string of the molecule is N#Cc1cc(-c2ccccc2)no1. The molecule has 1 aromatic heterocycles. The Morgan fingerprint density at radius 2 is 2.00 bits per heavy atom. The molecule has 1 heterocycles. The van der Waals surface area contributed by atoms with E-state index in [1.54, 1.807) is 6.07 Å². The lowest BCUT2D eigenvalue weighted by atomic mass is 10.1. The Morgan fingerprint density at radius 3 is 2.62 bits per heavy atom. The minimum Gasteiger partial charge on any atom is -0.345 e. The molecule has 2 rings (SSSR count). The van der Waals surface area contributed by atoms with Gasteiger partial charge in [-0.2, -0.15) is 5.26 Å². The van der Waals surface area contributed by atoms with Crippen molar-refractivity contribution in [3.63, 3.8) is 0 Å². The lowest BCUT2D eigenvalue weighted by molar-refractivity contribution is 0.412. The molecule has 0 spiro atoms. The largest absolute Gasteiger partial charge is 0.345 e. The van der Waals surface area contributed by atoms with E-state index in [0.717, 1.165) is 5.56 Å². The minimum absolute atomic E-state index is 0.235. The zero-order valence-electron chi connectivity index (χ0n) is 6.77. The Balaban J connectivity index is 2.43. The van der Waals surface area contributed by atoms with Crippen molar-refractivity contribution in [2.24, 2.45) is 0 Å². The second-order valence-electron chi connectivity index (χ2n) is 2.55. The molecule has 13 heavy (non-hydrogen) atoms. The molecule has 62 valence electrons. The first-order valence-electron chi connectivity index (χ1n) is 3.82. The first-order chi connectivity index (χ1) is 6.40. The van der Waals surface area contributed by atoms with Gasteiger partial charge in [0.1, 0.15) is 11.8 Å². The predicted molar refractivity (Wildman–Crippen MR) is 46.7 cm³/mol. The fourth-order valence-corrected chi connectivity index (χ4v) is 1.07. The molecule has 0 fully saturated rings. The van der Waals surface area contributed by atoms with Gasteiger partial charge >= 0.3 is 0 Å². The summed E-state index contributed by atoms with van der Waals surface area (Å²) in [7, 11) is 0. The van der Waals surface area contributed by atoms with Crippen LogP contribution >= 0.6 is 0 Å². The third kappa shape index (κ3) is 1.42. The molecule has 0 saturated carbocycles. The average Bonchev–Trinajstić information content (AvgIpc) is 2.67. The summed E-state index contributed by atoms with van der Waals surface area (Å²) in [6, 6.07) is 13.1. The highest BCUT2D eigenvalue weighted by atomic mass is 16.5. The Morgan fingerprint density at radius 1 is 1.23 bits per heavy atom. The van der Waals surface area contributed by atoms with E-state index >= 15 is 0 Å². The summed E-state index contributed by atoms with van der Waals surface area (Å²) < 4.78 is 4.76. The topological polar surface area (TPSA) is 49.8 Å². The van der Waals surface area contributed by atoms with Crippen LogP contribution in [0.2, 0.25) is 0 Å². The van der Waals surface area contributed by atoms with Crippen LogP contribution in [-0.2, 0) is 0 Å². The monoisotopic (exact) mass is 170 g/mol. The summed E-state index contributed by atoms with van der Waals surface area (Å²) in [5, 5.41) is 12.3. The van der Waals surface area contributed by atoms with Crippen molar-refractivity contribution in [1.82, 2.24) is 5.16 Å². The Kier molecular flexibility index (Phi) is 1.81. The summed E-state index contributed by atoms with van der Waals surface area (Å²) in [5.41, 5.74) is 1.64. The number of aromatic nitrogens is 1.